The Morgan fingerprint density at radius 1 is 0.957 bits per heavy atom. The molecule has 1 fully saturated rings. The van der Waals surface area contributed by atoms with E-state index in [2.05, 4.69) is 17.2 Å². The average molecular weight is 620 g/mol. The van der Waals surface area contributed by atoms with Crippen molar-refractivity contribution < 1.29 is 24.2 Å². The molecule has 0 heterocycles. The highest BCUT2D eigenvalue weighted by molar-refractivity contribution is 6.00. The molecule has 0 saturated heterocycles. The Kier molecular flexibility index (Phi) is 9.75. The predicted octanol–water partition coefficient (Wildman–Crippen LogP) is 7.39. The number of anilines is 1. The molecular formula is C38H41N3O5. The number of nitrogens with one attached hydrogen (secondary N) is 2. The fourth-order valence-corrected chi connectivity index (χ4v) is 5.65. The van der Waals surface area contributed by atoms with Crippen molar-refractivity contribution in [2.24, 2.45) is 0 Å². The number of nitrogens with zero attached hydrogens (tertiary/aromatic N) is 1. The van der Waals surface area contributed by atoms with Crippen LogP contribution < -0.4 is 10.6 Å². The van der Waals surface area contributed by atoms with Crippen LogP contribution in [0.2, 0.25) is 0 Å². The lowest BCUT2D eigenvalue weighted by Gasteiger charge is -2.43. The highest BCUT2D eigenvalue weighted by Crippen LogP contribution is 2.35. The van der Waals surface area contributed by atoms with Gasteiger partial charge in [0.25, 0.3) is 5.91 Å². The molecule has 0 aliphatic heterocycles. The molecule has 46 heavy (non-hydrogen) atoms. The van der Waals surface area contributed by atoms with Gasteiger partial charge in [-0.15, -0.1) is 0 Å². The zero-order chi connectivity index (χ0) is 32.8. The summed E-state index contributed by atoms with van der Waals surface area (Å²) in [4.78, 5) is 43.9. The maximum Gasteiger partial charge on any atom is 0.408 e. The lowest BCUT2D eigenvalue weighted by atomic mass is 9.87. The molecule has 2 unspecified atom stereocenters. The fraction of sp³-hybridized carbons (Fsp3) is 0.289. The van der Waals surface area contributed by atoms with Crippen LogP contribution in [-0.4, -0.2) is 45.6 Å². The first-order chi connectivity index (χ1) is 22.0. The third-order valence-corrected chi connectivity index (χ3v) is 8.09. The first-order valence-corrected chi connectivity index (χ1v) is 15.6. The Bertz CT molecular complexity index is 1720. The molecule has 8 heteroatoms. The van der Waals surface area contributed by atoms with Crippen molar-refractivity contribution in [3.8, 4) is 5.75 Å². The van der Waals surface area contributed by atoms with E-state index in [0.29, 0.717) is 11.3 Å². The Morgan fingerprint density at radius 3 is 2.33 bits per heavy atom. The third kappa shape index (κ3) is 7.93. The minimum absolute atomic E-state index is 0.0929. The van der Waals surface area contributed by atoms with Gasteiger partial charge in [0.05, 0.1) is 0 Å². The summed E-state index contributed by atoms with van der Waals surface area (Å²) in [6.07, 6.45) is 3.48. The van der Waals surface area contributed by atoms with Gasteiger partial charge < -0.3 is 25.4 Å². The Balaban J connectivity index is 1.55. The summed E-state index contributed by atoms with van der Waals surface area (Å²) in [5, 5.41) is 17.7. The minimum atomic E-state index is -1.04. The molecule has 0 spiro atoms. The van der Waals surface area contributed by atoms with Gasteiger partial charge in [0, 0.05) is 18.2 Å². The fourth-order valence-electron chi connectivity index (χ4n) is 5.65. The summed E-state index contributed by atoms with van der Waals surface area (Å²) in [7, 11) is 0. The second-order valence-electron chi connectivity index (χ2n) is 12.7. The Hall–Kier alpha value is -5.11. The van der Waals surface area contributed by atoms with Gasteiger partial charge in [0.15, 0.2) is 0 Å². The van der Waals surface area contributed by atoms with Gasteiger partial charge in [-0.2, -0.15) is 0 Å². The number of amides is 3. The maximum absolute atomic E-state index is 14.8. The number of benzene rings is 4. The number of ether oxygens (including phenoxy) is 1. The van der Waals surface area contributed by atoms with Crippen LogP contribution in [0.25, 0.3) is 16.8 Å². The summed E-state index contributed by atoms with van der Waals surface area (Å²) in [5.74, 6) is -0.668. The zero-order valence-electron chi connectivity index (χ0n) is 26.5. The van der Waals surface area contributed by atoms with Gasteiger partial charge in [-0.25, -0.2) is 4.79 Å². The summed E-state index contributed by atoms with van der Waals surface area (Å²) in [5.41, 5.74) is 2.01. The van der Waals surface area contributed by atoms with Crippen molar-refractivity contribution in [2.75, 3.05) is 5.32 Å². The van der Waals surface area contributed by atoms with Gasteiger partial charge in [-0.3, -0.25) is 9.59 Å². The molecule has 5 rings (SSSR count). The summed E-state index contributed by atoms with van der Waals surface area (Å²) in [6.45, 7) is 9.16. The van der Waals surface area contributed by atoms with Gasteiger partial charge in [0.1, 0.15) is 23.4 Å². The highest BCUT2D eigenvalue weighted by Gasteiger charge is 2.42. The van der Waals surface area contributed by atoms with Crippen LogP contribution in [0, 0.1) is 0 Å². The Labute approximate surface area is 270 Å². The first-order valence-electron chi connectivity index (χ1n) is 15.6. The van der Waals surface area contributed by atoms with E-state index < -0.39 is 29.7 Å². The summed E-state index contributed by atoms with van der Waals surface area (Å²) in [6, 6.07) is 25.3. The molecule has 0 bridgehead atoms. The Morgan fingerprint density at radius 2 is 1.67 bits per heavy atom. The molecule has 8 nitrogen and oxygen atoms in total. The minimum Gasteiger partial charge on any atom is -0.508 e. The SMILES string of the molecule is C=Cc1cccc(C(C(=O)Nc2ccc3ccccc3c2)N(C(=O)C(Cc2ccc(O)cc2)NC(=O)OC(C)(C)C)C2CCC2)c1. The monoisotopic (exact) mass is 619 g/mol. The molecule has 2 atom stereocenters. The quantitative estimate of drug-likeness (QED) is 0.172. The summed E-state index contributed by atoms with van der Waals surface area (Å²) >= 11 is 0. The molecule has 1 aliphatic rings. The number of carbonyl (C=O) groups is 3. The van der Waals surface area contributed by atoms with Crippen LogP contribution in [0.3, 0.4) is 0 Å². The number of aromatic hydroxyl groups is 1. The number of hydrogen-bond acceptors (Lipinski definition) is 5. The molecule has 1 aliphatic carbocycles. The van der Waals surface area contributed by atoms with E-state index in [4.69, 9.17) is 4.74 Å². The van der Waals surface area contributed by atoms with E-state index in [-0.39, 0.29) is 24.1 Å². The van der Waals surface area contributed by atoms with Gasteiger partial charge >= 0.3 is 6.09 Å². The van der Waals surface area contributed by atoms with Crippen LogP contribution >= 0.6 is 0 Å². The van der Waals surface area contributed by atoms with Crippen LogP contribution in [0.4, 0.5) is 10.5 Å². The topological polar surface area (TPSA) is 108 Å². The van der Waals surface area contributed by atoms with Crippen molar-refractivity contribution in [3.63, 3.8) is 0 Å². The second-order valence-corrected chi connectivity index (χ2v) is 12.7. The van der Waals surface area contributed by atoms with E-state index in [9.17, 15) is 19.5 Å². The van der Waals surface area contributed by atoms with Crippen LogP contribution in [0.15, 0.2) is 97.6 Å². The molecule has 3 amide bonds. The van der Waals surface area contributed by atoms with E-state index in [1.165, 1.54) is 12.1 Å². The molecule has 0 aromatic heterocycles. The molecule has 0 radical (unpaired) electrons. The average Bonchev–Trinajstić information content (AvgIpc) is 2.99. The van der Waals surface area contributed by atoms with Gasteiger partial charge in [-0.1, -0.05) is 73.3 Å². The van der Waals surface area contributed by atoms with E-state index in [1.807, 2.05) is 66.7 Å². The second kappa shape index (κ2) is 13.9. The van der Waals surface area contributed by atoms with Gasteiger partial charge in [-0.05, 0) is 97.8 Å². The molecule has 238 valence electrons. The predicted molar refractivity (Wildman–Crippen MR) is 181 cm³/mol. The molecule has 4 aromatic carbocycles. The first kappa shape index (κ1) is 32.3. The number of hydrogen-bond donors (Lipinski definition) is 3. The van der Waals surface area contributed by atoms with Crippen LogP contribution in [-0.2, 0) is 20.7 Å². The number of rotatable bonds is 10. The lowest BCUT2D eigenvalue weighted by Crippen LogP contribution is -2.57. The van der Waals surface area contributed by atoms with Crippen molar-refractivity contribution in [1.82, 2.24) is 10.2 Å². The van der Waals surface area contributed by atoms with E-state index in [0.717, 1.165) is 41.2 Å². The number of alkyl carbamates (subject to hydrolysis) is 1. The van der Waals surface area contributed by atoms with Crippen molar-refractivity contribution in [2.45, 2.75) is 70.2 Å². The molecule has 1 saturated carbocycles. The highest BCUT2D eigenvalue weighted by atomic mass is 16.6. The van der Waals surface area contributed by atoms with Crippen molar-refractivity contribution in [1.29, 1.82) is 0 Å². The standard InChI is InChI=1S/C38H41N3O5/c1-5-25-10-8-13-29(22-25)34(35(43)39-30-19-18-27-11-6-7-12-28(27)24-30)41(31-14-9-15-31)36(44)33(40-37(45)46-38(2,3)4)23-26-16-20-32(42)21-17-26/h5-8,10-13,16-22,24,31,33-34,42H,1,9,14-15,23H2,2-4H3,(H,39,43)(H,40,45). The number of phenolic OH excluding ortho intramolecular Hbond substituents is 1. The zero-order valence-corrected chi connectivity index (χ0v) is 26.5. The number of phenols is 1. The van der Waals surface area contributed by atoms with Crippen LogP contribution in [0.5, 0.6) is 5.75 Å². The summed E-state index contributed by atoms with van der Waals surface area (Å²) < 4.78 is 5.54. The van der Waals surface area contributed by atoms with Crippen LogP contribution in [0.1, 0.15) is 62.8 Å². The third-order valence-electron chi connectivity index (χ3n) is 8.09. The number of fused-ring (bicyclic) bond motifs is 1. The van der Waals surface area contributed by atoms with E-state index in [1.54, 1.807) is 43.9 Å². The normalized spacial score (nSPS) is 14.4. The maximum atomic E-state index is 14.8. The molecule has 4 aromatic rings. The van der Waals surface area contributed by atoms with Gasteiger partial charge in [0.2, 0.25) is 5.91 Å². The lowest BCUT2D eigenvalue weighted by molar-refractivity contribution is -0.145. The largest absolute Gasteiger partial charge is 0.508 e. The van der Waals surface area contributed by atoms with E-state index >= 15 is 0 Å². The van der Waals surface area contributed by atoms with Crippen molar-refractivity contribution in [3.05, 3.63) is 114 Å². The smallest absolute Gasteiger partial charge is 0.408 e. The molecule has 3 N–H and O–H groups in total. The number of carbonyl (C=O) groups excluding carboxylic acids is 3. The van der Waals surface area contributed by atoms with Crippen molar-refractivity contribution >= 4 is 40.4 Å². The molecular weight excluding hydrogens is 578 g/mol.